The van der Waals surface area contributed by atoms with Crippen LogP contribution in [-0.2, 0) is 14.3 Å². The molecule has 0 fully saturated rings. The first-order valence-corrected chi connectivity index (χ1v) is 7.27. The third kappa shape index (κ3) is 6.02. The van der Waals surface area contributed by atoms with Crippen molar-refractivity contribution < 1.29 is 14.3 Å². The van der Waals surface area contributed by atoms with Crippen molar-refractivity contribution in [3.63, 3.8) is 0 Å². The highest BCUT2D eigenvalue weighted by Crippen LogP contribution is 2.16. The number of esters is 1. The molecule has 1 aromatic heterocycles. The van der Waals surface area contributed by atoms with Crippen molar-refractivity contribution in [3.05, 3.63) is 28.0 Å². The highest BCUT2D eigenvalue weighted by molar-refractivity contribution is 7.12. The van der Waals surface area contributed by atoms with E-state index in [1.165, 1.54) is 11.0 Å². The minimum Gasteiger partial charge on any atom is -0.458 e. The molecule has 1 amide bonds. The van der Waals surface area contributed by atoms with Crippen molar-refractivity contribution in [3.8, 4) is 0 Å². The van der Waals surface area contributed by atoms with Crippen LogP contribution in [0.1, 0.15) is 37.4 Å². The molecule has 0 spiro atoms. The third-order valence-corrected chi connectivity index (χ3v) is 3.25. The molecule has 5 heteroatoms. The lowest BCUT2D eigenvalue weighted by Gasteiger charge is -2.22. The molecule has 1 N–H and O–H groups in total. The predicted molar refractivity (Wildman–Crippen MR) is 81.5 cm³/mol. The zero-order valence-corrected chi connectivity index (χ0v) is 13.3. The fraction of sp³-hybridized carbons (Fsp3) is 0.467. The Morgan fingerprint density at radius 3 is 2.50 bits per heavy atom. The van der Waals surface area contributed by atoms with Crippen molar-refractivity contribution in [2.75, 3.05) is 0 Å². The zero-order valence-electron chi connectivity index (χ0n) is 12.5. The summed E-state index contributed by atoms with van der Waals surface area (Å²) in [5, 5.41) is 2.58. The molecular weight excluding hydrogens is 274 g/mol. The molecule has 0 aromatic carbocycles. The van der Waals surface area contributed by atoms with Crippen LogP contribution < -0.4 is 5.32 Å². The van der Waals surface area contributed by atoms with Gasteiger partial charge in [-0.25, -0.2) is 4.79 Å². The summed E-state index contributed by atoms with van der Waals surface area (Å²) < 4.78 is 5.19. The molecule has 110 valence electrons. The van der Waals surface area contributed by atoms with Gasteiger partial charge in [-0.15, -0.1) is 11.3 Å². The van der Waals surface area contributed by atoms with E-state index in [2.05, 4.69) is 5.32 Å². The molecule has 1 rings (SSSR count). The van der Waals surface area contributed by atoms with Crippen molar-refractivity contribution in [1.82, 2.24) is 5.32 Å². The van der Waals surface area contributed by atoms with E-state index in [-0.39, 0.29) is 5.91 Å². The molecular formula is C15H21NO3S. The quantitative estimate of drug-likeness (QED) is 0.686. The summed E-state index contributed by atoms with van der Waals surface area (Å²) in [6.45, 7) is 8.98. The second kappa shape index (κ2) is 6.70. The van der Waals surface area contributed by atoms with Gasteiger partial charge in [0.25, 0.3) is 0 Å². The molecule has 0 saturated heterocycles. The Balaban J connectivity index is 2.49. The summed E-state index contributed by atoms with van der Waals surface area (Å²) in [4.78, 5) is 25.6. The molecule has 1 atom stereocenters. The predicted octanol–water partition coefficient (Wildman–Crippen LogP) is 2.92. The zero-order chi connectivity index (χ0) is 15.3. The van der Waals surface area contributed by atoms with E-state index in [0.29, 0.717) is 0 Å². The lowest BCUT2D eigenvalue weighted by Crippen LogP contribution is -2.41. The maximum absolute atomic E-state index is 11.7. The number of hydrogen-bond acceptors (Lipinski definition) is 4. The van der Waals surface area contributed by atoms with Crippen molar-refractivity contribution in [2.24, 2.45) is 0 Å². The van der Waals surface area contributed by atoms with Crippen molar-refractivity contribution >= 4 is 29.3 Å². The van der Waals surface area contributed by atoms with E-state index in [1.807, 2.05) is 19.1 Å². The number of amides is 1. The van der Waals surface area contributed by atoms with Gasteiger partial charge in [0.1, 0.15) is 11.6 Å². The number of nitrogens with one attached hydrogen (secondary N) is 1. The van der Waals surface area contributed by atoms with Gasteiger partial charge < -0.3 is 10.1 Å². The highest BCUT2D eigenvalue weighted by Gasteiger charge is 2.22. The van der Waals surface area contributed by atoms with Crippen LogP contribution in [0.4, 0.5) is 0 Å². The van der Waals surface area contributed by atoms with Gasteiger partial charge in [0.05, 0.1) is 0 Å². The van der Waals surface area contributed by atoms with Crippen LogP contribution >= 0.6 is 11.3 Å². The average Bonchev–Trinajstić information content (AvgIpc) is 2.70. The van der Waals surface area contributed by atoms with Gasteiger partial charge in [-0.3, -0.25) is 4.79 Å². The van der Waals surface area contributed by atoms with Crippen molar-refractivity contribution in [1.29, 1.82) is 0 Å². The molecule has 0 aliphatic carbocycles. The molecule has 0 aliphatic rings. The average molecular weight is 295 g/mol. The number of carbonyl (C=O) groups excluding carboxylic acids is 2. The lowest BCUT2D eigenvalue weighted by molar-refractivity contribution is -0.157. The van der Waals surface area contributed by atoms with Crippen LogP contribution in [0.2, 0.25) is 0 Å². The third-order valence-electron chi connectivity index (χ3n) is 2.28. The first kappa shape index (κ1) is 16.4. The van der Waals surface area contributed by atoms with Crippen LogP contribution in [0.5, 0.6) is 0 Å². The van der Waals surface area contributed by atoms with E-state index >= 15 is 0 Å². The SMILES string of the molecule is Cc1ccc(/C=C/C(=O)N[C@H](C)C(=O)OC(C)(C)C)s1. The number of ether oxygens (including phenoxy) is 1. The number of thiophene rings is 1. The van der Waals surface area contributed by atoms with E-state index in [0.717, 1.165) is 4.88 Å². The molecule has 0 aliphatic heterocycles. The second-order valence-electron chi connectivity index (χ2n) is 5.55. The largest absolute Gasteiger partial charge is 0.458 e. The standard InChI is InChI=1S/C15H21NO3S/c1-10-6-7-12(20-10)8-9-13(17)16-11(2)14(18)19-15(3,4)5/h6-9,11H,1-5H3,(H,16,17)/b9-8+/t11-/m1/s1. The van der Waals surface area contributed by atoms with E-state index in [4.69, 9.17) is 4.74 Å². The van der Waals surface area contributed by atoms with Gasteiger partial charge in [-0.05, 0) is 52.8 Å². The van der Waals surface area contributed by atoms with Crippen LogP contribution in [0.15, 0.2) is 18.2 Å². The molecule has 1 aromatic rings. The number of rotatable bonds is 4. The van der Waals surface area contributed by atoms with Gasteiger partial charge in [0.15, 0.2) is 0 Å². The molecule has 4 nitrogen and oxygen atoms in total. The first-order chi connectivity index (χ1) is 9.17. The molecule has 0 bridgehead atoms. The minimum atomic E-state index is -0.670. The summed E-state index contributed by atoms with van der Waals surface area (Å²) in [7, 11) is 0. The smallest absolute Gasteiger partial charge is 0.328 e. The fourth-order valence-corrected chi connectivity index (χ4v) is 2.19. The van der Waals surface area contributed by atoms with E-state index < -0.39 is 17.6 Å². The van der Waals surface area contributed by atoms with Crippen LogP contribution in [0.25, 0.3) is 6.08 Å². The monoisotopic (exact) mass is 295 g/mol. The summed E-state index contributed by atoms with van der Waals surface area (Å²) in [6.07, 6.45) is 3.15. The molecule has 20 heavy (non-hydrogen) atoms. The topological polar surface area (TPSA) is 55.4 Å². The molecule has 0 radical (unpaired) electrons. The Morgan fingerprint density at radius 2 is 2.00 bits per heavy atom. The van der Waals surface area contributed by atoms with Gasteiger partial charge in [0.2, 0.25) is 5.91 Å². The van der Waals surface area contributed by atoms with Gasteiger partial charge in [0, 0.05) is 15.8 Å². The Labute approximate surface area is 123 Å². The summed E-state index contributed by atoms with van der Waals surface area (Å²) in [6, 6.07) is 3.27. The summed E-state index contributed by atoms with van der Waals surface area (Å²) in [5.74, 6) is -0.749. The fourth-order valence-electron chi connectivity index (χ4n) is 1.41. The normalized spacial score (nSPS) is 13.2. The Morgan fingerprint density at radius 1 is 1.35 bits per heavy atom. The maximum atomic E-state index is 11.7. The van der Waals surface area contributed by atoms with Crippen LogP contribution in [0, 0.1) is 6.92 Å². The first-order valence-electron chi connectivity index (χ1n) is 6.45. The second-order valence-corrected chi connectivity index (χ2v) is 6.86. The minimum absolute atomic E-state index is 0.311. The highest BCUT2D eigenvalue weighted by atomic mass is 32.1. The molecule has 0 unspecified atom stereocenters. The van der Waals surface area contributed by atoms with Crippen LogP contribution in [-0.4, -0.2) is 23.5 Å². The lowest BCUT2D eigenvalue weighted by atomic mass is 10.2. The van der Waals surface area contributed by atoms with Gasteiger partial charge >= 0.3 is 5.97 Å². The maximum Gasteiger partial charge on any atom is 0.328 e. The van der Waals surface area contributed by atoms with Crippen molar-refractivity contribution in [2.45, 2.75) is 46.3 Å². The Bertz CT molecular complexity index is 511. The number of aryl methyl sites for hydroxylation is 1. The number of hydrogen-bond donors (Lipinski definition) is 1. The summed E-state index contributed by atoms with van der Waals surface area (Å²) >= 11 is 1.60. The van der Waals surface area contributed by atoms with E-state index in [9.17, 15) is 9.59 Å². The van der Waals surface area contributed by atoms with Gasteiger partial charge in [-0.1, -0.05) is 0 Å². The van der Waals surface area contributed by atoms with E-state index in [1.54, 1.807) is 45.1 Å². The molecule has 0 saturated carbocycles. The Hall–Kier alpha value is -1.62. The Kier molecular flexibility index (Phi) is 5.51. The van der Waals surface area contributed by atoms with Gasteiger partial charge in [-0.2, -0.15) is 0 Å². The number of carbonyl (C=O) groups is 2. The summed E-state index contributed by atoms with van der Waals surface area (Å²) in [5.41, 5.74) is -0.555. The van der Waals surface area contributed by atoms with Crippen LogP contribution in [0.3, 0.4) is 0 Å². The molecule has 1 heterocycles.